The van der Waals surface area contributed by atoms with Crippen LogP contribution in [0.15, 0.2) is 103 Å². The van der Waals surface area contributed by atoms with Gasteiger partial charge in [-0.1, -0.05) is 78.9 Å². The molecule has 0 spiro atoms. The van der Waals surface area contributed by atoms with Gasteiger partial charge in [0.25, 0.3) is 0 Å². The van der Waals surface area contributed by atoms with Crippen molar-refractivity contribution < 1.29 is 4.57 Å². The summed E-state index contributed by atoms with van der Waals surface area (Å²) in [4.78, 5) is 5.94. The molecule has 0 unspecified atom stereocenters. The second-order valence-electron chi connectivity index (χ2n) is 7.26. The summed E-state index contributed by atoms with van der Waals surface area (Å²) in [5.41, 5.74) is 1.88. The molecule has 144 valence electrons. The Balaban J connectivity index is 1.66. The van der Waals surface area contributed by atoms with E-state index in [1.165, 1.54) is 4.70 Å². The standard InChI is InChI=1S/C25H17N2OPS/c28-29(18-9-3-1-4-10-18,19-11-5-2-6-12-19)20-15-16-23-26-24-21-13-7-8-14-22(21)30-25(24)27(23)17-20/h1-17H. The lowest BCUT2D eigenvalue weighted by Crippen LogP contribution is -2.25. The van der Waals surface area contributed by atoms with E-state index in [-0.39, 0.29) is 0 Å². The van der Waals surface area contributed by atoms with Gasteiger partial charge in [0.2, 0.25) is 0 Å². The average molecular weight is 424 g/mol. The number of rotatable bonds is 3. The molecule has 0 aliphatic heterocycles. The maximum Gasteiger partial charge on any atom is 0.172 e. The zero-order chi connectivity index (χ0) is 20.1. The van der Waals surface area contributed by atoms with Crippen LogP contribution in [0.2, 0.25) is 0 Å². The van der Waals surface area contributed by atoms with Gasteiger partial charge in [0.15, 0.2) is 7.14 Å². The molecule has 3 aromatic carbocycles. The molecule has 0 radical (unpaired) electrons. The number of aromatic nitrogens is 2. The van der Waals surface area contributed by atoms with Crippen LogP contribution in [0.25, 0.3) is 26.1 Å². The molecule has 3 heterocycles. The highest BCUT2D eigenvalue weighted by atomic mass is 32.1. The zero-order valence-electron chi connectivity index (χ0n) is 16.0. The van der Waals surface area contributed by atoms with Crippen LogP contribution in [-0.4, -0.2) is 9.38 Å². The first-order valence-corrected chi connectivity index (χ1v) is 12.3. The van der Waals surface area contributed by atoms with Gasteiger partial charge in [0.05, 0.1) is 0 Å². The van der Waals surface area contributed by atoms with Gasteiger partial charge >= 0.3 is 0 Å². The third-order valence-corrected chi connectivity index (χ3v) is 9.71. The van der Waals surface area contributed by atoms with E-state index in [0.717, 1.165) is 37.3 Å². The van der Waals surface area contributed by atoms with Crippen LogP contribution < -0.4 is 15.9 Å². The van der Waals surface area contributed by atoms with Crippen LogP contribution in [-0.2, 0) is 4.57 Å². The lowest BCUT2D eigenvalue weighted by atomic mass is 10.2. The number of thiophene rings is 1. The highest BCUT2D eigenvalue weighted by Crippen LogP contribution is 2.43. The highest BCUT2D eigenvalue weighted by Gasteiger charge is 2.30. The lowest BCUT2D eigenvalue weighted by molar-refractivity contribution is 0.592. The summed E-state index contributed by atoms with van der Waals surface area (Å²) in [5.74, 6) is 0. The fourth-order valence-electron chi connectivity index (χ4n) is 4.05. The van der Waals surface area contributed by atoms with Gasteiger partial charge in [0.1, 0.15) is 16.0 Å². The van der Waals surface area contributed by atoms with Crippen LogP contribution in [0.1, 0.15) is 0 Å². The van der Waals surface area contributed by atoms with Crippen LogP contribution in [0.5, 0.6) is 0 Å². The van der Waals surface area contributed by atoms with Crippen LogP contribution in [0.3, 0.4) is 0 Å². The first-order chi connectivity index (χ1) is 14.7. The molecular weight excluding hydrogens is 407 g/mol. The summed E-state index contributed by atoms with van der Waals surface area (Å²) in [6, 6.07) is 31.8. The number of pyridine rings is 1. The first-order valence-electron chi connectivity index (χ1n) is 9.76. The number of hydrogen-bond acceptors (Lipinski definition) is 3. The van der Waals surface area contributed by atoms with E-state index in [1.807, 2.05) is 85.1 Å². The molecular formula is C25H17N2OPS. The minimum atomic E-state index is -3.01. The van der Waals surface area contributed by atoms with Crippen LogP contribution in [0, 0.1) is 0 Å². The zero-order valence-corrected chi connectivity index (χ0v) is 17.7. The number of imidazole rings is 1. The van der Waals surface area contributed by atoms with E-state index in [0.29, 0.717) is 0 Å². The fraction of sp³-hybridized carbons (Fsp3) is 0. The molecule has 0 bridgehead atoms. The normalized spacial score (nSPS) is 12.1. The fourth-order valence-corrected chi connectivity index (χ4v) is 7.82. The number of hydrogen-bond donors (Lipinski definition) is 0. The van der Waals surface area contributed by atoms with Gasteiger partial charge in [-0.15, -0.1) is 11.3 Å². The van der Waals surface area contributed by atoms with Gasteiger partial charge < -0.3 is 4.57 Å². The van der Waals surface area contributed by atoms with Crippen molar-refractivity contribution in [2.75, 3.05) is 0 Å². The van der Waals surface area contributed by atoms with Crippen molar-refractivity contribution in [2.45, 2.75) is 0 Å². The molecule has 6 aromatic rings. The third-order valence-electron chi connectivity index (χ3n) is 5.51. The minimum Gasteiger partial charge on any atom is -0.309 e. The van der Waals surface area contributed by atoms with E-state index in [1.54, 1.807) is 11.3 Å². The highest BCUT2D eigenvalue weighted by molar-refractivity contribution is 7.85. The van der Waals surface area contributed by atoms with Crippen molar-refractivity contribution in [3.63, 3.8) is 0 Å². The topological polar surface area (TPSA) is 34.4 Å². The molecule has 30 heavy (non-hydrogen) atoms. The van der Waals surface area contributed by atoms with Crippen molar-refractivity contribution in [1.82, 2.24) is 9.38 Å². The quantitative estimate of drug-likeness (QED) is 0.359. The van der Waals surface area contributed by atoms with Crippen molar-refractivity contribution >= 4 is 60.5 Å². The molecule has 0 N–H and O–H groups in total. The van der Waals surface area contributed by atoms with Crippen molar-refractivity contribution in [3.05, 3.63) is 103 Å². The molecule has 3 aromatic heterocycles. The molecule has 5 heteroatoms. The summed E-state index contributed by atoms with van der Waals surface area (Å²) >= 11 is 1.72. The Bertz CT molecular complexity index is 1530. The minimum absolute atomic E-state index is 0.809. The summed E-state index contributed by atoms with van der Waals surface area (Å²) in [6.45, 7) is 0. The summed E-state index contributed by atoms with van der Waals surface area (Å²) < 4.78 is 18.0. The molecule has 0 atom stereocenters. The predicted octanol–water partition coefficient (Wildman–Crippen LogP) is 5.34. The molecule has 0 amide bonds. The Morgan fingerprint density at radius 2 is 1.33 bits per heavy atom. The Hall–Kier alpha value is -3.20. The second-order valence-corrected chi connectivity index (χ2v) is 11.1. The Morgan fingerprint density at radius 1 is 0.700 bits per heavy atom. The van der Waals surface area contributed by atoms with Gasteiger partial charge in [0, 0.05) is 32.2 Å². The van der Waals surface area contributed by atoms with E-state index in [2.05, 4.69) is 22.6 Å². The molecule has 0 aliphatic carbocycles. The molecule has 6 rings (SSSR count). The Kier molecular flexibility index (Phi) is 3.92. The number of fused-ring (bicyclic) bond motifs is 5. The Morgan fingerprint density at radius 3 is 2.03 bits per heavy atom. The lowest BCUT2D eigenvalue weighted by Gasteiger charge is -2.20. The summed E-state index contributed by atoms with van der Waals surface area (Å²) in [5, 5.41) is 3.65. The number of nitrogens with zero attached hydrogens (tertiary/aromatic N) is 2. The van der Waals surface area contributed by atoms with E-state index in [4.69, 9.17) is 4.98 Å². The van der Waals surface area contributed by atoms with Crippen LogP contribution in [0.4, 0.5) is 0 Å². The van der Waals surface area contributed by atoms with Gasteiger partial charge in [-0.3, -0.25) is 4.40 Å². The van der Waals surface area contributed by atoms with E-state index >= 15 is 0 Å². The Labute approximate surface area is 177 Å². The van der Waals surface area contributed by atoms with Crippen LogP contribution >= 0.6 is 18.5 Å². The number of benzene rings is 3. The SMILES string of the molecule is O=P(c1ccccc1)(c1ccccc1)c1ccc2nc3c4ccccc4sc3n2c1. The maximum absolute atomic E-state index is 14.7. The van der Waals surface area contributed by atoms with Gasteiger partial charge in [-0.05, 0) is 18.2 Å². The molecule has 0 fully saturated rings. The van der Waals surface area contributed by atoms with Crippen molar-refractivity contribution in [2.24, 2.45) is 0 Å². The summed E-state index contributed by atoms with van der Waals surface area (Å²) in [7, 11) is -3.01. The third kappa shape index (κ3) is 2.51. The van der Waals surface area contributed by atoms with Gasteiger partial charge in [-0.2, -0.15) is 0 Å². The monoisotopic (exact) mass is 424 g/mol. The maximum atomic E-state index is 14.7. The molecule has 0 saturated carbocycles. The smallest absolute Gasteiger partial charge is 0.172 e. The molecule has 0 saturated heterocycles. The first kappa shape index (κ1) is 17.6. The molecule has 0 aliphatic rings. The molecule has 3 nitrogen and oxygen atoms in total. The second kappa shape index (κ2) is 6.66. The van der Waals surface area contributed by atoms with Crippen molar-refractivity contribution in [1.29, 1.82) is 0 Å². The van der Waals surface area contributed by atoms with Gasteiger partial charge in [-0.25, -0.2) is 4.98 Å². The summed E-state index contributed by atoms with van der Waals surface area (Å²) in [6.07, 6.45) is 2.01. The van der Waals surface area contributed by atoms with Crippen molar-refractivity contribution in [3.8, 4) is 0 Å². The van der Waals surface area contributed by atoms with E-state index in [9.17, 15) is 4.57 Å². The van der Waals surface area contributed by atoms with E-state index < -0.39 is 7.14 Å². The predicted molar refractivity (Wildman–Crippen MR) is 127 cm³/mol. The average Bonchev–Trinajstić information content (AvgIpc) is 3.35. The largest absolute Gasteiger partial charge is 0.309 e.